The minimum atomic E-state index is 0.714. The van der Waals surface area contributed by atoms with Gasteiger partial charge in [-0.2, -0.15) is 0 Å². The van der Waals surface area contributed by atoms with Gasteiger partial charge < -0.3 is 0 Å². The van der Waals surface area contributed by atoms with Crippen LogP contribution in [0.5, 0.6) is 0 Å². The molecule has 15 heavy (non-hydrogen) atoms. The predicted octanol–water partition coefficient (Wildman–Crippen LogP) is 3.54. The van der Waals surface area contributed by atoms with Crippen LogP contribution in [0.2, 0.25) is 0 Å². The van der Waals surface area contributed by atoms with Crippen molar-refractivity contribution < 1.29 is 4.79 Å². The molecule has 0 aliphatic heterocycles. The van der Waals surface area contributed by atoms with E-state index in [0.29, 0.717) is 5.57 Å². The zero-order valence-electron chi connectivity index (χ0n) is 9.23. The van der Waals surface area contributed by atoms with Crippen LogP contribution < -0.4 is 0 Å². The van der Waals surface area contributed by atoms with Crippen LogP contribution in [0.25, 0.3) is 6.08 Å². The van der Waals surface area contributed by atoms with Crippen molar-refractivity contribution in [3.05, 3.63) is 53.1 Å². The van der Waals surface area contributed by atoms with Gasteiger partial charge in [-0.05, 0) is 30.5 Å². The van der Waals surface area contributed by atoms with Crippen LogP contribution in [0, 0.1) is 6.92 Å². The van der Waals surface area contributed by atoms with Gasteiger partial charge in [-0.3, -0.25) is 4.79 Å². The molecule has 0 saturated heterocycles. The third-order valence-corrected chi connectivity index (χ3v) is 2.19. The number of rotatable bonds is 4. The normalized spacial score (nSPS) is 12.0. The van der Waals surface area contributed by atoms with Crippen molar-refractivity contribution in [2.45, 2.75) is 20.3 Å². The molecule has 0 aliphatic carbocycles. The summed E-state index contributed by atoms with van der Waals surface area (Å²) >= 11 is 0. The topological polar surface area (TPSA) is 17.1 Å². The third kappa shape index (κ3) is 3.55. The van der Waals surface area contributed by atoms with Crippen molar-refractivity contribution in [3.63, 3.8) is 0 Å². The number of carbonyl (C=O) groups excluding carboxylic acids is 1. The van der Waals surface area contributed by atoms with Crippen LogP contribution in [0.15, 0.2) is 42.0 Å². The molecule has 0 amide bonds. The number of hydrogen-bond donors (Lipinski definition) is 0. The molecule has 1 aromatic carbocycles. The van der Waals surface area contributed by atoms with Gasteiger partial charge in [0.2, 0.25) is 0 Å². The van der Waals surface area contributed by atoms with Gasteiger partial charge in [-0.1, -0.05) is 43.3 Å². The molecule has 0 aliphatic rings. The second-order valence-electron chi connectivity index (χ2n) is 3.43. The van der Waals surface area contributed by atoms with Crippen molar-refractivity contribution in [3.8, 4) is 0 Å². The largest absolute Gasteiger partial charge is 0.298 e. The summed E-state index contributed by atoms with van der Waals surface area (Å²) in [5.41, 5.74) is 2.99. The van der Waals surface area contributed by atoms with Gasteiger partial charge in [0, 0.05) is 5.57 Å². The quantitative estimate of drug-likeness (QED) is 0.412. The summed E-state index contributed by atoms with van der Waals surface area (Å²) < 4.78 is 0. The molecule has 0 N–H and O–H groups in total. The van der Waals surface area contributed by atoms with E-state index >= 15 is 0 Å². The maximum absolute atomic E-state index is 10.8. The van der Waals surface area contributed by atoms with Crippen LogP contribution in [-0.4, -0.2) is 6.29 Å². The highest BCUT2D eigenvalue weighted by molar-refractivity contribution is 5.85. The maximum atomic E-state index is 10.8. The lowest BCUT2D eigenvalue weighted by Crippen LogP contribution is -1.83. The number of carbonyl (C=O) groups is 1. The lowest BCUT2D eigenvalue weighted by molar-refractivity contribution is -0.104. The average Bonchev–Trinajstić information content (AvgIpc) is 2.26. The second kappa shape index (κ2) is 5.97. The first-order valence-corrected chi connectivity index (χ1v) is 5.17. The fourth-order valence-corrected chi connectivity index (χ4v) is 1.30. The third-order valence-electron chi connectivity index (χ3n) is 2.19. The monoisotopic (exact) mass is 200 g/mol. The number of aldehydes is 1. The summed E-state index contributed by atoms with van der Waals surface area (Å²) in [5.74, 6) is 0. The highest BCUT2D eigenvalue weighted by Crippen LogP contribution is 2.11. The first-order chi connectivity index (χ1) is 7.27. The molecular formula is C14H16O. The standard InChI is InChI=1S/C14H16O/c1-3-4-8-13(11-15)10-14-9-6-5-7-12(14)2/h4-11H,3H2,1-2H3/b8-4+,13-10+. The summed E-state index contributed by atoms with van der Waals surface area (Å²) in [6.07, 6.45) is 7.59. The van der Waals surface area contributed by atoms with E-state index in [1.165, 1.54) is 5.56 Å². The molecule has 1 heteroatoms. The Balaban J connectivity index is 2.98. The Morgan fingerprint density at radius 3 is 2.67 bits per heavy atom. The van der Waals surface area contributed by atoms with Crippen molar-refractivity contribution >= 4 is 12.4 Å². The zero-order chi connectivity index (χ0) is 11.1. The van der Waals surface area contributed by atoms with Crippen LogP contribution in [0.4, 0.5) is 0 Å². The summed E-state index contributed by atoms with van der Waals surface area (Å²) in [4.78, 5) is 10.8. The fourth-order valence-electron chi connectivity index (χ4n) is 1.30. The van der Waals surface area contributed by atoms with E-state index in [-0.39, 0.29) is 0 Å². The number of allylic oxidation sites excluding steroid dienone is 3. The summed E-state index contributed by atoms with van der Waals surface area (Å²) in [6.45, 7) is 4.09. The Morgan fingerprint density at radius 1 is 1.33 bits per heavy atom. The molecule has 0 bridgehead atoms. The first-order valence-electron chi connectivity index (χ1n) is 5.17. The lowest BCUT2D eigenvalue weighted by Gasteiger charge is -1.99. The first kappa shape index (κ1) is 11.4. The minimum Gasteiger partial charge on any atom is -0.298 e. The van der Waals surface area contributed by atoms with Gasteiger partial charge in [-0.25, -0.2) is 0 Å². The minimum absolute atomic E-state index is 0.714. The van der Waals surface area contributed by atoms with Crippen molar-refractivity contribution in [2.24, 2.45) is 0 Å². The summed E-state index contributed by atoms with van der Waals surface area (Å²) in [6, 6.07) is 8.02. The van der Waals surface area contributed by atoms with Crippen LogP contribution in [0.3, 0.4) is 0 Å². The maximum Gasteiger partial charge on any atom is 0.150 e. The predicted molar refractivity (Wildman–Crippen MR) is 64.7 cm³/mol. The Kier molecular flexibility index (Phi) is 4.55. The van der Waals surface area contributed by atoms with Gasteiger partial charge in [0.05, 0.1) is 0 Å². The highest BCUT2D eigenvalue weighted by atomic mass is 16.1. The Labute approximate surface area is 91.1 Å². The van der Waals surface area contributed by atoms with E-state index in [4.69, 9.17) is 0 Å². The van der Waals surface area contributed by atoms with Gasteiger partial charge >= 0.3 is 0 Å². The molecule has 1 rings (SSSR count). The summed E-state index contributed by atoms with van der Waals surface area (Å²) in [7, 11) is 0. The molecule has 1 nitrogen and oxygen atoms in total. The Morgan fingerprint density at radius 2 is 2.07 bits per heavy atom. The molecular weight excluding hydrogens is 184 g/mol. The molecule has 0 unspecified atom stereocenters. The molecule has 0 heterocycles. The number of hydrogen-bond acceptors (Lipinski definition) is 1. The molecule has 78 valence electrons. The van der Waals surface area contributed by atoms with Crippen molar-refractivity contribution in [1.29, 1.82) is 0 Å². The molecule has 0 fully saturated rings. The highest BCUT2D eigenvalue weighted by Gasteiger charge is 1.94. The van der Waals surface area contributed by atoms with Gasteiger partial charge in [-0.15, -0.1) is 0 Å². The van der Waals surface area contributed by atoms with E-state index in [1.807, 2.05) is 56.3 Å². The smallest absolute Gasteiger partial charge is 0.150 e. The van der Waals surface area contributed by atoms with Gasteiger partial charge in [0.25, 0.3) is 0 Å². The fraction of sp³-hybridized carbons (Fsp3) is 0.214. The molecule has 0 radical (unpaired) electrons. The van der Waals surface area contributed by atoms with Gasteiger partial charge in [0.15, 0.2) is 0 Å². The van der Waals surface area contributed by atoms with E-state index in [9.17, 15) is 4.79 Å². The zero-order valence-corrected chi connectivity index (χ0v) is 9.23. The van der Waals surface area contributed by atoms with Crippen molar-refractivity contribution in [2.75, 3.05) is 0 Å². The van der Waals surface area contributed by atoms with E-state index < -0.39 is 0 Å². The second-order valence-corrected chi connectivity index (χ2v) is 3.43. The Bertz CT molecular complexity index is 386. The Hall–Kier alpha value is -1.63. The molecule has 0 spiro atoms. The lowest BCUT2D eigenvalue weighted by atomic mass is 10.1. The summed E-state index contributed by atoms with van der Waals surface area (Å²) in [5, 5.41) is 0. The molecule has 0 atom stereocenters. The van der Waals surface area contributed by atoms with Gasteiger partial charge in [0.1, 0.15) is 6.29 Å². The van der Waals surface area contributed by atoms with Crippen LogP contribution in [0.1, 0.15) is 24.5 Å². The van der Waals surface area contributed by atoms with E-state index in [2.05, 4.69) is 0 Å². The van der Waals surface area contributed by atoms with E-state index in [0.717, 1.165) is 18.3 Å². The average molecular weight is 200 g/mol. The van der Waals surface area contributed by atoms with E-state index in [1.54, 1.807) is 0 Å². The van der Waals surface area contributed by atoms with Crippen LogP contribution in [-0.2, 0) is 4.79 Å². The number of benzene rings is 1. The molecule has 0 aromatic heterocycles. The number of aryl methyl sites for hydroxylation is 1. The molecule has 1 aromatic rings. The SMILES string of the molecule is CC/C=C/C(C=O)=C\c1ccccc1C. The molecule has 0 saturated carbocycles. The van der Waals surface area contributed by atoms with Crippen LogP contribution >= 0.6 is 0 Å². The van der Waals surface area contributed by atoms with Crippen molar-refractivity contribution in [1.82, 2.24) is 0 Å².